The highest BCUT2D eigenvalue weighted by atomic mass is 28.3. The molecule has 0 heterocycles. The number of carbonyl (C=O) groups excluding carboxylic acids is 1. The highest BCUT2D eigenvalue weighted by molar-refractivity contribution is 6.70. The van der Waals surface area contributed by atoms with E-state index in [4.69, 9.17) is 4.43 Å². The van der Waals surface area contributed by atoms with Crippen molar-refractivity contribution >= 4 is 34.8 Å². The van der Waals surface area contributed by atoms with E-state index < -0.39 is 9.76 Å². The monoisotopic (exact) mass is 344 g/mol. The zero-order valence-corrected chi connectivity index (χ0v) is 19.0. The van der Waals surface area contributed by atoms with Crippen LogP contribution >= 0.6 is 0 Å². The molecule has 0 aliphatic heterocycles. The van der Waals surface area contributed by atoms with Crippen molar-refractivity contribution in [3.8, 4) is 0 Å². The Morgan fingerprint density at radius 3 is 1.81 bits per heavy atom. The zero-order valence-electron chi connectivity index (χ0n) is 14.8. The standard InChI is InChI=1S/C16H36O2Si3/c1-5-8-11-19-16(20-12-9-6-2)14(4)15(17)18-21-13-10-7-3/h5-13,19-21H2,1-4H3. The molecule has 0 fully saturated rings. The Morgan fingerprint density at radius 2 is 1.33 bits per heavy atom. The highest BCUT2D eigenvalue weighted by Crippen LogP contribution is 2.11. The van der Waals surface area contributed by atoms with Crippen molar-refractivity contribution in [2.45, 2.75) is 84.4 Å². The van der Waals surface area contributed by atoms with Crippen LogP contribution in [0.4, 0.5) is 0 Å². The molecule has 5 heteroatoms. The molecule has 0 rings (SSSR count). The van der Waals surface area contributed by atoms with Gasteiger partial charge in [-0.15, -0.1) is 0 Å². The summed E-state index contributed by atoms with van der Waals surface area (Å²) < 4.78 is 5.59. The third kappa shape index (κ3) is 11.1. The van der Waals surface area contributed by atoms with Crippen LogP contribution in [0.2, 0.25) is 18.1 Å². The van der Waals surface area contributed by atoms with Crippen LogP contribution in [0, 0.1) is 0 Å². The van der Waals surface area contributed by atoms with Crippen LogP contribution in [0.25, 0.3) is 0 Å². The van der Waals surface area contributed by atoms with Gasteiger partial charge in [-0.1, -0.05) is 76.2 Å². The first-order valence-electron chi connectivity index (χ1n) is 9.03. The maximum Gasteiger partial charge on any atom is 0.319 e. The van der Waals surface area contributed by atoms with Crippen molar-refractivity contribution in [1.29, 1.82) is 0 Å². The molecule has 0 atom stereocenters. The van der Waals surface area contributed by atoms with Gasteiger partial charge < -0.3 is 4.43 Å². The molecule has 0 unspecified atom stereocenters. The summed E-state index contributed by atoms with van der Waals surface area (Å²) in [6.07, 6.45) is 7.66. The van der Waals surface area contributed by atoms with Crippen molar-refractivity contribution in [2.24, 2.45) is 0 Å². The topological polar surface area (TPSA) is 26.3 Å². The van der Waals surface area contributed by atoms with Crippen molar-refractivity contribution < 1.29 is 9.22 Å². The molecular weight excluding hydrogens is 308 g/mol. The van der Waals surface area contributed by atoms with Crippen molar-refractivity contribution in [2.75, 3.05) is 0 Å². The van der Waals surface area contributed by atoms with E-state index in [-0.39, 0.29) is 25.0 Å². The fourth-order valence-electron chi connectivity index (χ4n) is 2.45. The number of hydrogen-bond acceptors (Lipinski definition) is 2. The van der Waals surface area contributed by atoms with Gasteiger partial charge in [-0.25, -0.2) is 4.79 Å². The van der Waals surface area contributed by atoms with E-state index in [9.17, 15) is 4.79 Å². The summed E-state index contributed by atoms with van der Waals surface area (Å²) in [7, 11) is -0.983. The van der Waals surface area contributed by atoms with Crippen LogP contribution in [0.5, 0.6) is 0 Å². The van der Waals surface area contributed by atoms with Gasteiger partial charge in [-0.2, -0.15) is 0 Å². The predicted octanol–water partition coefficient (Wildman–Crippen LogP) is 2.84. The molecule has 0 radical (unpaired) electrons. The van der Waals surface area contributed by atoms with E-state index in [0.717, 1.165) is 11.6 Å². The molecule has 0 saturated heterocycles. The largest absolute Gasteiger partial charge is 0.522 e. The molecular formula is C16H36O2Si3. The Bertz CT molecular complexity index is 292. The second-order valence-corrected chi connectivity index (χ2v) is 12.5. The lowest BCUT2D eigenvalue weighted by Gasteiger charge is -2.12. The summed E-state index contributed by atoms with van der Waals surface area (Å²) in [6.45, 7) is 8.75. The Kier molecular flexibility index (Phi) is 14.7. The quantitative estimate of drug-likeness (QED) is 0.292. The number of hydrogen-bond donors (Lipinski definition) is 0. The van der Waals surface area contributed by atoms with Crippen molar-refractivity contribution in [3.63, 3.8) is 0 Å². The van der Waals surface area contributed by atoms with Gasteiger partial charge in [0.25, 0.3) is 0 Å². The SMILES string of the molecule is CCCC[SiH2]OC(=O)C(C)=C([SiH2]CCCC)[SiH2]CCCC. The molecule has 0 amide bonds. The Hall–Kier alpha value is -0.139. The summed E-state index contributed by atoms with van der Waals surface area (Å²) in [6, 6.07) is 3.90. The number of unbranched alkanes of at least 4 members (excludes halogenated alkanes) is 3. The second-order valence-electron chi connectivity index (χ2n) is 5.99. The summed E-state index contributed by atoms with van der Waals surface area (Å²) in [5.41, 5.74) is 1.03. The molecule has 0 aromatic carbocycles. The average molecular weight is 345 g/mol. The number of carbonyl (C=O) groups is 1. The first-order chi connectivity index (χ1) is 10.2. The summed E-state index contributed by atoms with van der Waals surface area (Å²) in [5, 5.41) is 0. The van der Waals surface area contributed by atoms with E-state index in [1.54, 1.807) is 4.82 Å². The first-order valence-corrected chi connectivity index (χ1v) is 14.0. The van der Waals surface area contributed by atoms with Gasteiger partial charge in [0.2, 0.25) is 9.76 Å². The lowest BCUT2D eigenvalue weighted by Crippen LogP contribution is -2.16. The normalized spacial score (nSPS) is 12.2. The second kappa shape index (κ2) is 14.8. The molecule has 0 bridgehead atoms. The molecule has 0 aliphatic carbocycles. The van der Waals surface area contributed by atoms with Crippen LogP contribution < -0.4 is 0 Å². The van der Waals surface area contributed by atoms with Gasteiger partial charge in [-0.3, -0.25) is 0 Å². The van der Waals surface area contributed by atoms with E-state index >= 15 is 0 Å². The Labute approximate surface area is 139 Å². The van der Waals surface area contributed by atoms with Crippen LogP contribution in [0.3, 0.4) is 0 Å². The summed E-state index contributed by atoms with van der Waals surface area (Å²) >= 11 is 0. The summed E-state index contributed by atoms with van der Waals surface area (Å²) in [4.78, 5) is 13.8. The lowest BCUT2D eigenvalue weighted by atomic mass is 10.4. The van der Waals surface area contributed by atoms with E-state index in [2.05, 4.69) is 20.8 Å². The van der Waals surface area contributed by atoms with Crippen LogP contribution in [-0.2, 0) is 9.22 Å². The van der Waals surface area contributed by atoms with Crippen molar-refractivity contribution in [1.82, 2.24) is 0 Å². The molecule has 0 aromatic rings. The smallest absolute Gasteiger partial charge is 0.319 e. The number of rotatable bonds is 13. The van der Waals surface area contributed by atoms with E-state index in [0.29, 0.717) is 0 Å². The molecule has 21 heavy (non-hydrogen) atoms. The van der Waals surface area contributed by atoms with Crippen LogP contribution in [-0.4, -0.2) is 34.8 Å². The molecule has 0 aliphatic rings. The minimum absolute atomic E-state index is 0.0424. The molecule has 2 nitrogen and oxygen atoms in total. The maximum atomic E-state index is 12.2. The predicted molar refractivity (Wildman–Crippen MR) is 104 cm³/mol. The lowest BCUT2D eigenvalue weighted by molar-refractivity contribution is -0.130. The van der Waals surface area contributed by atoms with Gasteiger partial charge in [0.1, 0.15) is 0 Å². The average Bonchev–Trinajstić information content (AvgIpc) is 2.49. The minimum atomic E-state index is -0.622. The van der Waals surface area contributed by atoms with E-state index in [1.807, 2.05) is 6.92 Å². The fourth-order valence-corrected chi connectivity index (χ4v) is 9.59. The Balaban J connectivity index is 4.43. The van der Waals surface area contributed by atoms with Gasteiger partial charge in [0, 0.05) is 24.6 Å². The fraction of sp³-hybridized carbons (Fsp3) is 0.812. The molecule has 124 valence electrons. The van der Waals surface area contributed by atoms with Crippen LogP contribution in [0.1, 0.15) is 66.2 Å². The maximum absolute atomic E-state index is 12.2. The molecule has 0 N–H and O–H groups in total. The Morgan fingerprint density at radius 1 is 0.857 bits per heavy atom. The summed E-state index contributed by atoms with van der Waals surface area (Å²) in [5.74, 6) is 0.0424. The molecule has 0 aromatic heterocycles. The highest BCUT2D eigenvalue weighted by Gasteiger charge is 2.12. The van der Waals surface area contributed by atoms with Crippen molar-refractivity contribution in [3.05, 3.63) is 10.4 Å². The van der Waals surface area contributed by atoms with E-state index in [1.165, 1.54) is 50.6 Å². The van der Waals surface area contributed by atoms with Gasteiger partial charge >= 0.3 is 5.97 Å². The first kappa shape index (κ1) is 20.9. The van der Waals surface area contributed by atoms with Gasteiger partial charge in [0.05, 0.1) is 0 Å². The molecule has 0 saturated carbocycles. The van der Waals surface area contributed by atoms with Gasteiger partial charge in [-0.05, 0) is 13.0 Å². The van der Waals surface area contributed by atoms with Crippen LogP contribution in [0.15, 0.2) is 10.4 Å². The third-order valence-electron chi connectivity index (χ3n) is 3.98. The minimum Gasteiger partial charge on any atom is -0.522 e. The van der Waals surface area contributed by atoms with Gasteiger partial charge in [0.15, 0.2) is 0 Å². The molecule has 0 spiro atoms. The third-order valence-corrected chi connectivity index (χ3v) is 11.3. The zero-order chi connectivity index (χ0) is 15.9.